The quantitative estimate of drug-likeness (QED) is 0.786. The molecule has 2 aliphatic carbocycles. The third-order valence-corrected chi connectivity index (χ3v) is 4.19. The number of nitrogens with one attached hydrogen (secondary N) is 1. The largest absolute Gasteiger partial charge is 0.481 e. The molecule has 2 saturated carbocycles. The molecule has 2 atom stereocenters. The molecule has 0 aromatic carbocycles. The van der Waals surface area contributed by atoms with Crippen LogP contribution in [0.2, 0.25) is 0 Å². The first kappa shape index (κ1) is 12.4. The van der Waals surface area contributed by atoms with E-state index in [9.17, 15) is 9.59 Å². The Bertz CT molecular complexity index is 297. The van der Waals surface area contributed by atoms with Crippen LogP contribution in [0.1, 0.15) is 44.9 Å². The molecule has 2 rings (SSSR count). The lowest BCUT2D eigenvalue weighted by atomic mass is 10.0. The Hall–Kier alpha value is -1.06. The lowest BCUT2D eigenvalue weighted by Crippen LogP contribution is -2.33. The zero-order valence-electron chi connectivity index (χ0n) is 10.2. The number of hydrogen-bond donors (Lipinski definition) is 2. The van der Waals surface area contributed by atoms with Gasteiger partial charge in [-0.2, -0.15) is 0 Å². The number of rotatable bonds is 4. The Kier molecular flexibility index (Phi) is 4.02. The zero-order valence-corrected chi connectivity index (χ0v) is 10.2. The van der Waals surface area contributed by atoms with Gasteiger partial charge in [0, 0.05) is 12.5 Å². The van der Waals surface area contributed by atoms with Crippen LogP contribution in [0.5, 0.6) is 0 Å². The highest BCUT2D eigenvalue weighted by Crippen LogP contribution is 2.31. The highest BCUT2D eigenvalue weighted by Gasteiger charge is 2.33. The van der Waals surface area contributed by atoms with Gasteiger partial charge in [0.25, 0.3) is 0 Å². The molecule has 1 amide bonds. The maximum absolute atomic E-state index is 11.9. The standard InChI is InChI=1S/C13H21NO3/c15-12(14-8-9-3-1-2-4-9)10-5-6-11(7-10)13(16)17/h9-11H,1-8H2,(H,14,15)(H,16,17)/t10-,11+/m1/s1. The van der Waals surface area contributed by atoms with Crippen molar-refractivity contribution in [1.82, 2.24) is 5.32 Å². The van der Waals surface area contributed by atoms with Crippen LogP contribution in [-0.2, 0) is 9.59 Å². The molecule has 4 heteroatoms. The first-order valence-electron chi connectivity index (χ1n) is 6.67. The van der Waals surface area contributed by atoms with Crippen molar-refractivity contribution in [2.75, 3.05) is 6.54 Å². The minimum absolute atomic E-state index is 0.0700. The van der Waals surface area contributed by atoms with Crippen LogP contribution in [0.4, 0.5) is 0 Å². The molecule has 0 aromatic rings. The Morgan fingerprint density at radius 2 is 1.71 bits per heavy atom. The third kappa shape index (κ3) is 3.20. The van der Waals surface area contributed by atoms with Crippen molar-refractivity contribution in [3.05, 3.63) is 0 Å². The highest BCUT2D eigenvalue weighted by molar-refractivity contribution is 5.80. The molecule has 4 nitrogen and oxygen atoms in total. The molecule has 0 aromatic heterocycles. The predicted molar refractivity (Wildman–Crippen MR) is 63.4 cm³/mol. The monoisotopic (exact) mass is 239 g/mol. The van der Waals surface area contributed by atoms with E-state index in [1.54, 1.807) is 0 Å². The van der Waals surface area contributed by atoms with Crippen LogP contribution < -0.4 is 5.32 Å². The normalized spacial score (nSPS) is 29.4. The highest BCUT2D eigenvalue weighted by atomic mass is 16.4. The van der Waals surface area contributed by atoms with E-state index in [1.807, 2.05) is 0 Å². The molecule has 2 fully saturated rings. The van der Waals surface area contributed by atoms with E-state index < -0.39 is 5.97 Å². The summed E-state index contributed by atoms with van der Waals surface area (Å²) < 4.78 is 0. The number of carbonyl (C=O) groups is 2. The van der Waals surface area contributed by atoms with Gasteiger partial charge in [0.05, 0.1) is 5.92 Å². The van der Waals surface area contributed by atoms with Crippen molar-refractivity contribution in [2.24, 2.45) is 17.8 Å². The lowest BCUT2D eigenvalue weighted by Gasteiger charge is -2.14. The summed E-state index contributed by atoms with van der Waals surface area (Å²) in [6.07, 6.45) is 6.91. The summed E-state index contributed by atoms with van der Waals surface area (Å²) in [4.78, 5) is 22.7. The molecule has 0 saturated heterocycles. The van der Waals surface area contributed by atoms with Gasteiger partial charge in [0.15, 0.2) is 0 Å². The van der Waals surface area contributed by atoms with Crippen LogP contribution in [-0.4, -0.2) is 23.5 Å². The van der Waals surface area contributed by atoms with Gasteiger partial charge in [-0.25, -0.2) is 0 Å². The Morgan fingerprint density at radius 3 is 2.29 bits per heavy atom. The number of carboxylic acid groups (broad SMARTS) is 1. The molecule has 0 aliphatic heterocycles. The van der Waals surface area contributed by atoms with E-state index in [2.05, 4.69) is 5.32 Å². The van der Waals surface area contributed by atoms with E-state index in [0.717, 1.165) is 13.0 Å². The first-order chi connectivity index (χ1) is 8.16. The van der Waals surface area contributed by atoms with Crippen molar-refractivity contribution in [3.8, 4) is 0 Å². The van der Waals surface area contributed by atoms with Gasteiger partial charge in [-0.3, -0.25) is 9.59 Å². The molecule has 0 heterocycles. The van der Waals surface area contributed by atoms with Crippen LogP contribution >= 0.6 is 0 Å². The smallest absolute Gasteiger partial charge is 0.306 e. The van der Waals surface area contributed by atoms with E-state index in [1.165, 1.54) is 25.7 Å². The van der Waals surface area contributed by atoms with E-state index >= 15 is 0 Å². The molecule has 96 valence electrons. The van der Waals surface area contributed by atoms with Gasteiger partial charge in [0.2, 0.25) is 5.91 Å². The average molecular weight is 239 g/mol. The summed E-state index contributed by atoms with van der Waals surface area (Å²) >= 11 is 0. The maximum Gasteiger partial charge on any atom is 0.306 e. The van der Waals surface area contributed by atoms with Crippen LogP contribution in [0.25, 0.3) is 0 Å². The maximum atomic E-state index is 11.9. The lowest BCUT2D eigenvalue weighted by molar-refractivity contribution is -0.141. The van der Waals surface area contributed by atoms with Crippen molar-refractivity contribution in [3.63, 3.8) is 0 Å². The molecule has 0 bridgehead atoms. The molecule has 0 unspecified atom stereocenters. The Labute approximate surface area is 102 Å². The molecular formula is C13H21NO3. The molecule has 17 heavy (non-hydrogen) atoms. The summed E-state index contributed by atoms with van der Waals surface area (Å²) in [6.45, 7) is 0.785. The fourth-order valence-corrected chi connectivity index (χ4v) is 3.05. The fourth-order valence-electron chi connectivity index (χ4n) is 3.05. The minimum atomic E-state index is -0.754. The predicted octanol–water partition coefficient (Wildman–Crippen LogP) is 1.79. The Balaban J connectivity index is 1.71. The summed E-state index contributed by atoms with van der Waals surface area (Å²) in [7, 11) is 0. The minimum Gasteiger partial charge on any atom is -0.481 e. The zero-order chi connectivity index (χ0) is 12.3. The van der Waals surface area contributed by atoms with E-state index in [-0.39, 0.29) is 17.7 Å². The summed E-state index contributed by atoms with van der Waals surface area (Å²) in [5.74, 6) is -0.415. The first-order valence-corrected chi connectivity index (χ1v) is 6.67. The second-order valence-corrected chi connectivity index (χ2v) is 5.44. The molecular weight excluding hydrogens is 218 g/mol. The molecule has 2 N–H and O–H groups in total. The van der Waals surface area contributed by atoms with Gasteiger partial charge in [0.1, 0.15) is 0 Å². The van der Waals surface area contributed by atoms with Crippen LogP contribution in [0.15, 0.2) is 0 Å². The van der Waals surface area contributed by atoms with Crippen LogP contribution in [0, 0.1) is 17.8 Å². The summed E-state index contributed by atoms with van der Waals surface area (Å²) in [6, 6.07) is 0. The van der Waals surface area contributed by atoms with Gasteiger partial charge in [-0.05, 0) is 38.0 Å². The van der Waals surface area contributed by atoms with E-state index in [0.29, 0.717) is 18.8 Å². The SMILES string of the molecule is O=C(O)[C@H]1CC[C@@H](C(=O)NCC2CCCC2)C1. The number of aliphatic carboxylic acids is 1. The van der Waals surface area contributed by atoms with Crippen molar-refractivity contribution in [2.45, 2.75) is 44.9 Å². The number of carboxylic acids is 1. The third-order valence-electron chi connectivity index (χ3n) is 4.19. The fraction of sp³-hybridized carbons (Fsp3) is 0.846. The number of carbonyl (C=O) groups excluding carboxylic acids is 1. The summed E-state index contributed by atoms with van der Waals surface area (Å²) in [5, 5.41) is 11.9. The van der Waals surface area contributed by atoms with Crippen molar-refractivity contribution >= 4 is 11.9 Å². The van der Waals surface area contributed by atoms with Crippen LogP contribution in [0.3, 0.4) is 0 Å². The number of hydrogen-bond acceptors (Lipinski definition) is 2. The number of amides is 1. The van der Waals surface area contributed by atoms with Gasteiger partial charge in [-0.15, -0.1) is 0 Å². The molecule has 0 radical (unpaired) electrons. The molecule has 2 aliphatic rings. The Morgan fingerprint density at radius 1 is 1.06 bits per heavy atom. The van der Waals surface area contributed by atoms with Crippen molar-refractivity contribution in [1.29, 1.82) is 0 Å². The van der Waals surface area contributed by atoms with Gasteiger partial charge in [-0.1, -0.05) is 12.8 Å². The topological polar surface area (TPSA) is 66.4 Å². The second kappa shape index (κ2) is 5.52. The van der Waals surface area contributed by atoms with E-state index in [4.69, 9.17) is 5.11 Å². The van der Waals surface area contributed by atoms with Gasteiger partial charge < -0.3 is 10.4 Å². The average Bonchev–Trinajstić information content (AvgIpc) is 2.96. The van der Waals surface area contributed by atoms with Crippen molar-refractivity contribution < 1.29 is 14.7 Å². The second-order valence-electron chi connectivity index (χ2n) is 5.44. The molecule has 0 spiro atoms. The summed E-state index contributed by atoms with van der Waals surface area (Å²) in [5.41, 5.74) is 0. The van der Waals surface area contributed by atoms with Gasteiger partial charge >= 0.3 is 5.97 Å².